The summed E-state index contributed by atoms with van der Waals surface area (Å²) in [6.45, 7) is 0.311. The average Bonchev–Trinajstić information content (AvgIpc) is 2.77. The van der Waals surface area contributed by atoms with E-state index in [0.29, 0.717) is 6.54 Å². The molecular formula is C14H13ClFN3. The highest BCUT2D eigenvalue weighted by Gasteiger charge is 2.11. The van der Waals surface area contributed by atoms with Crippen LogP contribution in [0.5, 0.6) is 0 Å². The molecule has 3 aromatic rings. The van der Waals surface area contributed by atoms with Gasteiger partial charge in [-0.05, 0) is 24.3 Å². The zero-order chi connectivity index (χ0) is 12.5. The Kier molecular flexibility index (Phi) is 3.83. The maximum absolute atomic E-state index is 13.4. The third-order valence-corrected chi connectivity index (χ3v) is 2.88. The van der Waals surface area contributed by atoms with E-state index >= 15 is 0 Å². The Labute approximate surface area is 116 Å². The first-order valence-electron chi connectivity index (χ1n) is 5.72. The van der Waals surface area contributed by atoms with Crippen molar-refractivity contribution >= 4 is 23.4 Å². The van der Waals surface area contributed by atoms with E-state index in [0.717, 1.165) is 22.5 Å². The molecule has 0 fully saturated rings. The van der Waals surface area contributed by atoms with Gasteiger partial charge in [0.25, 0.3) is 0 Å². The summed E-state index contributed by atoms with van der Waals surface area (Å²) >= 11 is 0. The Hall–Kier alpha value is -1.91. The minimum Gasteiger partial charge on any atom is -0.324 e. The lowest BCUT2D eigenvalue weighted by atomic mass is 10.2. The molecule has 1 heterocycles. The molecule has 0 aliphatic carbocycles. The number of fused-ring (bicyclic) bond motifs is 1. The van der Waals surface area contributed by atoms with Crippen molar-refractivity contribution in [1.82, 2.24) is 9.55 Å². The molecule has 3 rings (SSSR count). The van der Waals surface area contributed by atoms with Gasteiger partial charge >= 0.3 is 0 Å². The maximum Gasteiger partial charge on any atom is 0.128 e. The Bertz CT molecular complexity index is 694. The van der Waals surface area contributed by atoms with Crippen molar-refractivity contribution in [1.29, 1.82) is 0 Å². The van der Waals surface area contributed by atoms with Gasteiger partial charge in [0.1, 0.15) is 11.6 Å². The Morgan fingerprint density at radius 3 is 2.53 bits per heavy atom. The molecule has 98 valence electrons. The number of nitrogens with two attached hydrogens (primary N) is 1. The van der Waals surface area contributed by atoms with E-state index in [9.17, 15) is 4.39 Å². The smallest absolute Gasteiger partial charge is 0.128 e. The fraction of sp³-hybridized carbons (Fsp3) is 0.0714. The van der Waals surface area contributed by atoms with E-state index in [1.807, 2.05) is 34.9 Å². The standard InChI is InChI=1S/C14H12FN3.ClH/c15-10-6-7-12-13(8-10)18(14(9-16)17-12)11-4-2-1-3-5-11;/h1-8H,9,16H2;1H. The van der Waals surface area contributed by atoms with Crippen LogP contribution in [0.15, 0.2) is 48.5 Å². The summed E-state index contributed by atoms with van der Waals surface area (Å²) < 4.78 is 15.3. The lowest BCUT2D eigenvalue weighted by Gasteiger charge is -2.07. The second-order valence-corrected chi connectivity index (χ2v) is 4.04. The highest BCUT2D eigenvalue weighted by molar-refractivity contribution is 5.85. The summed E-state index contributed by atoms with van der Waals surface area (Å²) in [4.78, 5) is 4.42. The fourth-order valence-electron chi connectivity index (χ4n) is 2.10. The van der Waals surface area contributed by atoms with Gasteiger partial charge in [-0.1, -0.05) is 18.2 Å². The molecule has 0 saturated heterocycles. The number of imidazole rings is 1. The molecule has 0 amide bonds. The Morgan fingerprint density at radius 1 is 1.11 bits per heavy atom. The molecule has 0 saturated carbocycles. The number of para-hydroxylation sites is 1. The quantitative estimate of drug-likeness (QED) is 0.782. The Morgan fingerprint density at radius 2 is 1.84 bits per heavy atom. The van der Waals surface area contributed by atoms with E-state index in [1.54, 1.807) is 6.07 Å². The van der Waals surface area contributed by atoms with Gasteiger partial charge in [-0.3, -0.25) is 4.57 Å². The molecule has 0 spiro atoms. The van der Waals surface area contributed by atoms with Crippen LogP contribution in [0.4, 0.5) is 4.39 Å². The van der Waals surface area contributed by atoms with E-state index in [-0.39, 0.29) is 18.2 Å². The summed E-state index contributed by atoms with van der Waals surface area (Å²) in [7, 11) is 0. The molecule has 0 bridgehead atoms. The van der Waals surface area contributed by atoms with Crippen LogP contribution in [0.1, 0.15) is 5.82 Å². The van der Waals surface area contributed by atoms with Crippen molar-refractivity contribution in [3.63, 3.8) is 0 Å². The highest BCUT2D eigenvalue weighted by Crippen LogP contribution is 2.22. The number of aromatic nitrogens is 2. The second-order valence-electron chi connectivity index (χ2n) is 4.04. The number of hydrogen-bond acceptors (Lipinski definition) is 2. The second kappa shape index (κ2) is 5.38. The molecule has 2 aromatic carbocycles. The fourth-order valence-corrected chi connectivity index (χ4v) is 2.10. The number of rotatable bonds is 2. The van der Waals surface area contributed by atoms with Gasteiger partial charge in [0.2, 0.25) is 0 Å². The van der Waals surface area contributed by atoms with Crippen molar-refractivity contribution in [3.05, 3.63) is 60.2 Å². The van der Waals surface area contributed by atoms with Crippen LogP contribution >= 0.6 is 12.4 Å². The number of benzene rings is 2. The lowest BCUT2D eigenvalue weighted by Crippen LogP contribution is -2.06. The Balaban J connectivity index is 0.00000133. The van der Waals surface area contributed by atoms with Crippen LogP contribution in [0.3, 0.4) is 0 Å². The molecular weight excluding hydrogens is 265 g/mol. The average molecular weight is 278 g/mol. The van der Waals surface area contributed by atoms with Gasteiger partial charge in [-0.15, -0.1) is 12.4 Å². The van der Waals surface area contributed by atoms with Crippen molar-refractivity contribution in [2.45, 2.75) is 6.54 Å². The third-order valence-electron chi connectivity index (χ3n) is 2.88. The van der Waals surface area contributed by atoms with Crippen LogP contribution < -0.4 is 5.73 Å². The van der Waals surface area contributed by atoms with Crippen LogP contribution in [0.25, 0.3) is 16.7 Å². The van der Waals surface area contributed by atoms with Crippen LogP contribution in [-0.2, 0) is 6.54 Å². The first kappa shape index (κ1) is 13.5. The van der Waals surface area contributed by atoms with E-state index in [2.05, 4.69) is 4.98 Å². The molecule has 0 atom stereocenters. The maximum atomic E-state index is 13.4. The van der Waals surface area contributed by atoms with E-state index in [4.69, 9.17) is 5.73 Å². The normalized spacial score (nSPS) is 10.4. The van der Waals surface area contributed by atoms with Crippen molar-refractivity contribution in [3.8, 4) is 5.69 Å². The van der Waals surface area contributed by atoms with Crippen LogP contribution in [0.2, 0.25) is 0 Å². The molecule has 19 heavy (non-hydrogen) atoms. The summed E-state index contributed by atoms with van der Waals surface area (Å²) in [5.74, 6) is 0.449. The molecule has 3 nitrogen and oxygen atoms in total. The van der Waals surface area contributed by atoms with Gasteiger partial charge in [0, 0.05) is 11.8 Å². The number of hydrogen-bond donors (Lipinski definition) is 1. The van der Waals surface area contributed by atoms with Gasteiger partial charge in [0.15, 0.2) is 0 Å². The minimum atomic E-state index is -0.275. The van der Waals surface area contributed by atoms with E-state index in [1.165, 1.54) is 12.1 Å². The number of halogens is 2. The van der Waals surface area contributed by atoms with Crippen LogP contribution in [-0.4, -0.2) is 9.55 Å². The predicted molar refractivity (Wildman–Crippen MR) is 76.2 cm³/mol. The predicted octanol–water partition coefficient (Wildman–Crippen LogP) is 3.05. The van der Waals surface area contributed by atoms with Gasteiger partial charge in [-0.2, -0.15) is 0 Å². The van der Waals surface area contributed by atoms with Crippen molar-refractivity contribution < 1.29 is 4.39 Å². The zero-order valence-electron chi connectivity index (χ0n) is 10.1. The summed E-state index contributed by atoms with van der Waals surface area (Å²) in [5, 5.41) is 0. The molecule has 0 aliphatic heterocycles. The molecule has 5 heteroatoms. The molecule has 1 aromatic heterocycles. The molecule has 0 unspecified atom stereocenters. The summed E-state index contributed by atoms with van der Waals surface area (Å²) in [6, 6.07) is 14.3. The SMILES string of the molecule is Cl.NCc1nc2ccc(F)cc2n1-c1ccccc1. The largest absolute Gasteiger partial charge is 0.324 e. The number of nitrogens with zero attached hydrogens (tertiary/aromatic N) is 2. The molecule has 0 aliphatic rings. The molecule has 0 radical (unpaired) electrons. The van der Waals surface area contributed by atoms with Gasteiger partial charge in [0.05, 0.1) is 17.6 Å². The summed E-state index contributed by atoms with van der Waals surface area (Å²) in [6.07, 6.45) is 0. The highest BCUT2D eigenvalue weighted by atomic mass is 35.5. The first-order valence-corrected chi connectivity index (χ1v) is 5.72. The van der Waals surface area contributed by atoms with Crippen molar-refractivity contribution in [2.75, 3.05) is 0 Å². The van der Waals surface area contributed by atoms with Crippen LogP contribution in [0, 0.1) is 5.82 Å². The van der Waals surface area contributed by atoms with Gasteiger partial charge < -0.3 is 5.73 Å². The minimum absolute atomic E-state index is 0. The zero-order valence-corrected chi connectivity index (χ0v) is 10.9. The lowest BCUT2D eigenvalue weighted by molar-refractivity contribution is 0.629. The van der Waals surface area contributed by atoms with Crippen molar-refractivity contribution in [2.24, 2.45) is 5.73 Å². The van der Waals surface area contributed by atoms with Gasteiger partial charge in [-0.25, -0.2) is 9.37 Å². The third kappa shape index (κ3) is 2.32. The summed E-state index contributed by atoms with van der Waals surface area (Å²) in [5.41, 5.74) is 8.14. The van der Waals surface area contributed by atoms with E-state index < -0.39 is 0 Å². The molecule has 2 N–H and O–H groups in total. The monoisotopic (exact) mass is 277 g/mol. The topological polar surface area (TPSA) is 43.8 Å². The first-order chi connectivity index (χ1) is 8.79.